The fraction of sp³-hybridized carbons (Fsp3) is 0.500. The first-order valence-electron chi connectivity index (χ1n) is 11.4. The van der Waals surface area contributed by atoms with Crippen LogP contribution in [0, 0.1) is 11.8 Å². The Kier molecular flexibility index (Phi) is 7.75. The van der Waals surface area contributed by atoms with E-state index in [4.69, 9.17) is 5.73 Å². The molecule has 2 saturated heterocycles. The minimum atomic E-state index is -3.17. The molecule has 0 radical (unpaired) electrons. The number of rotatable bonds is 5. The number of carbonyl (C=O) groups is 2. The molecule has 5 N–H and O–H groups in total. The predicted octanol–water partition coefficient (Wildman–Crippen LogP) is 0.913. The van der Waals surface area contributed by atoms with E-state index in [1.54, 1.807) is 12.3 Å². The molecule has 0 bridgehead atoms. The van der Waals surface area contributed by atoms with Gasteiger partial charge in [-0.05, 0) is 38.3 Å². The van der Waals surface area contributed by atoms with Crippen molar-refractivity contribution < 1.29 is 18.0 Å². The molecule has 188 valence electrons. The van der Waals surface area contributed by atoms with Gasteiger partial charge in [0.05, 0.1) is 34.6 Å². The van der Waals surface area contributed by atoms with Gasteiger partial charge in [-0.1, -0.05) is 11.8 Å². The number of anilines is 1. The molecule has 0 aromatic carbocycles. The number of piperidine rings is 2. The van der Waals surface area contributed by atoms with Gasteiger partial charge in [-0.25, -0.2) is 17.5 Å². The molecule has 4 rings (SSSR count). The van der Waals surface area contributed by atoms with Gasteiger partial charge in [-0.15, -0.1) is 11.3 Å². The highest BCUT2D eigenvalue weighted by Gasteiger charge is 2.26. The maximum absolute atomic E-state index is 12.8. The fourth-order valence-electron chi connectivity index (χ4n) is 4.25. The van der Waals surface area contributed by atoms with E-state index >= 15 is 0 Å². The first-order chi connectivity index (χ1) is 16.7. The summed E-state index contributed by atoms with van der Waals surface area (Å²) in [7, 11) is -3.17. The molecule has 3 amide bonds. The zero-order valence-electron chi connectivity index (χ0n) is 19.4. The van der Waals surface area contributed by atoms with Crippen LogP contribution in [0.4, 0.5) is 10.5 Å². The molecule has 11 nitrogen and oxygen atoms in total. The van der Waals surface area contributed by atoms with Crippen molar-refractivity contribution in [1.29, 1.82) is 0 Å². The third-order valence-corrected chi connectivity index (χ3v) is 8.38. The summed E-state index contributed by atoms with van der Waals surface area (Å²) < 4.78 is 26.7. The summed E-state index contributed by atoms with van der Waals surface area (Å²) >= 11 is 1.19. The summed E-state index contributed by atoms with van der Waals surface area (Å²) in [5.74, 6) is 5.82. The highest BCUT2D eigenvalue weighted by molar-refractivity contribution is 7.88. The first kappa shape index (κ1) is 25.2. The zero-order valence-corrected chi connectivity index (χ0v) is 21.0. The molecule has 0 spiro atoms. The summed E-state index contributed by atoms with van der Waals surface area (Å²) in [4.78, 5) is 25.2. The summed E-state index contributed by atoms with van der Waals surface area (Å²) in [5.41, 5.74) is 6.32. The molecule has 2 aromatic heterocycles. The Labute approximate surface area is 208 Å². The van der Waals surface area contributed by atoms with E-state index < -0.39 is 16.1 Å². The molecule has 2 fully saturated rings. The van der Waals surface area contributed by atoms with Crippen molar-refractivity contribution in [1.82, 2.24) is 24.7 Å². The second kappa shape index (κ2) is 10.8. The fourth-order valence-corrected chi connectivity index (χ4v) is 5.99. The minimum Gasteiger partial charge on any atom is -0.351 e. The highest BCUT2D eigenvalue weighted by Crippen LogP contribution is 2.27. The first-order valence-corrected chi connectivity index (χ1v) is 14.1. The third-order valence-electron chi connectivity index (χ3n) is 6.03. The normalized spacial score (nSPS) is 19.5. The molecule has 35 heavy (non-hydrogen) atoms. The SMILES string of the molecule is CS(=O)(=O)N1CCC(n2cc(C#Cc3cc(NC(N)=O)c(C(=O)N[C@H]4CCCNC4)s3)cn2)CC1. The summed E-state index contributed by atoms with van der Waals surface area (Å²) in [6, 6.07) is 1.03. The van der Waals surface area contributed by atoms with Gasteiger partial charge in [-0.3, -0.25) is 9.48 Å². The third kappa shape index (κ3) is 6.61. The standard InChI is InChI=1S/C22H29N7O4S2/c1-35(32,33)28-9-6-17(7-10-28)29-14-15(12-25-29)4-5-18-11-19(27-22(23)31)20(34-18)21(30)26-16-3-2-8-24-13-16/h11-12,14,16-17,24H,2-3,6-10,13H2,1H3,(H,26,30)(H3,23,27,31)/t16-/m0/s1. The number of aromatic nitrogens is 2. The van der Waals surface area contributed by atoms with Crippen molar-refractivity contribution in [2.75, 3.05) is 37.8 Å². The number of carbonyl (C=O) groups excluding carboxylic acids is 2. The van der Waals surface area contributed by atoms with Gasteiger partial charge < -0.3 is 21.7 Å². The molecule has 13 heteroatoms. The number of amides is 3. The van der Waals surface area contributed by atoms with Crippen molar-refractivity contribution in [3.8, 4) is 11.8 Å². The lowest BCUT2D eigenvalue weighted by Crippen LogP contribution is -2.45. The lowest BCUT2D eigenvalue weighted by Gasteiger charge is -2.30. The van der Waals surface area contributed by atoms with Gasteiger partial charge in [0.2, 0.25) is 10.0 Å². The van der Waals surface area contributed by atoms with E-state index in [-0.39, 0.29) is 18.0 Å². The molecular weight excluding hydrogens is 490 g/mol. The smallest absolute Gasteiger partial charge is 0.316 e. The average Bonchev–Trinajstić information content (AvgIpc) is 3.45. The molecular formula is C22H29N7O4S2. The van der Waals surface area contributed by atoms with E-state index in [2.05, 4.69) is 32.9 Å². The lowest BCUT2D eigenvalue weighted by atomic mass is 10.1. The average molecular weight is 520 g/mol. The van der Waals surface area contributed by atoms with Gasteiger partial charge in [0.25, 0.3) is 5.91 Å². The van der Waals surface area contributed by atoms with Crippen LogP contribution in [0.25, 0.3) is 0 Å². The number of hydrogen-bond donors (Lipinski definition) is 4. The van der Waals surface area contributed by atoms with Crippen molar-refractivity contribution in [3.63, 3.8) is 0 Å². The number of hydrogen-bond acceptors (Lipinski definition) is 7. The summed E-state index contributed by atoms with van der Waals surface area (Å²) in [5, 5.41) is 13.2. The quantitative estimate of drug-likeness (QED) is 0.431. The van der Waals surface area contributed by atoms with Crippen LogP contribution in [0.2, 0.25) is 0 Å². The number of nitrogens with one attached hydrogen (secondary N) is 3. The molecule has 0 aliphatic carbocycles. The van der Waals surface area contributed by atoms with Gasteiger partial charge in [-0.2, -0.15) is 5.10 Å². The van der Waals surface area contributed by atoms with E-state index in [1.807, 2.05) is 10.9 Å². The van der Waals surface area contributed by atoms with Crippen molar-refractivity contribution in [2.45, 2.75) is 37.8 Å². The van der Waals surface area contributed by atoms with Crippen LogP contribution in [0.15, 0.2) is 18.5 Å². The van der Waals surface area contributed by atoms with Crippen molar-refractivity contribution in [3.05, 3.63) is 33.8 Å². The second-order valence-electron chi connectivity index (χ2n) is 8.71. The van der Waals surface area contributed by atoms with Crippen LogP contribution in [-0.4, -0.2) is 72.9 Å². The lowest BCUT2D eigenvalue weighted by molar-refractivity contribution is 0.0935. The monoisotopic (exact) mass is 519 g/mol. The predicted molar refractivity (Wildman–Crippen MR) is 134 cm³/mol. The summed E-state index contributed by atoms with van der Waals surface area (Å²) in [6.07, 6.45) is 7.98. The minimum absolute atomic E-state index is 0.0319. The topological polar surface area (TPSA) is 151 Å². The molecule has 2 aromatic rings. The number of nitrogens with zero attached hydrogens (tertiary/aromatic N) is 3. The van der Waals surface area contributed by atoms with Crippen LogP contribution in [-0.2, 0) is 10.0 Å². The molecule has 2 aliphatic heterocycles. The maximum Gasteiger partial charge on any atom is 0.316 e. The molecule has 1 atom stereocenters. The summed E-state index contributed by atoms with van der Waals surface area (Å²) in [6.45, 7) is 2.59. The number of thiophene rings is 1. The van der Waals surface area contributed by atoms with Gasteiger partial charge >= 0.3 is 6.03 Å². The van der Waals surface area contributed by atoms with Crippen LogP contribution in [0.5, 0.6) is 0 Å². The molecule has 0 saturated carbocycles. The van der Waals surface area contributed by atoms with Crippen molar-refractivity contribution >= 4 is 39.0 Å². The zero-order chi connectivity index (χ0) is 25.0. The highest BCUT2D eigenvalue weighted by atomic mass is 32.2. The van der Waals surface area contributed by atoms with E-state index in [1.165, 1.54) is 21.9 Å². The van der Waals surface area contributed by atoms with Gasteiger partial charge in [0, 0.05) is 31.9 Å². The number of sulfonamides is 1. The van der Waals surface area contributed by atoms with Crippen LogP contribution in [0.1, 0.15) is 51.8 Å². The van der Waals surface area contributed by atoms with Crippen LogP contribution in [0.3, 0.4) is 0 Å². The molecule has 0 unspecified atom stereocenters. The Morgan fingerprint density at radius 1 is 1.26 bits per heavy atom. The largest absolute Gasteiger partial charge is 0.351 e. The molecule has 4 heterocycles. The Balaban J connectivity index is 1.45. The van der Waals surface area contributed by atoms with Crippen LogP contribution < -0.4 is 21.7 Å². The van der Waals surface area contributed by atoms with E-state index in [9.17, 15) is 18.0 Å². The maximum atomic E-state index is 12.8. The number of urea groups is 1. The van der Waals surface area contributed by atoms with E-state index in [0.717, 1.165) is 19.4 Å². The Morgan fingerprint density at radius 3 is 2.69 bits per heavy atom. The van der Waals surface area contributed by atoms with Crippen LogP contribution >= 0.6 is 11.3 Å². The Bertz CT molecular complexity index is 1240. The Hall–Kier alpha value is -2.92. The van der Waals surface area contributed by atoms with E-state index in [0.29, 0.717) is 53.5 Å². The van der Waals surface area contributed by atoms with Crippen molar-refractivity contribution in [2.24, 2.45) is 5.73 Å². The van der Waals surface area contributed by atoms with Gasteiger partial charge in [0.1, 0.15) is 4.88 Å². The Morgan fingerprint density at radius 2 is 2.03 bits per heavy atom. The number of nitrogens with two attached hydrogens (primary N) is 1. The second-order valence-corrected chi connectivity index (χ2v) is 11.7. The molecule has 2 aliphatic rings. The number of primary amides is 1. The van der Waals surface area contributed by atoms with Gasteiger partial charge in [0.15, 0.2) is 0 Å².